The summed E-state index contributed by atoms with van der Waals surface area (Å²) < 4.78 is 0. The van der Waals surface area contributed by atoms with Gasteiger partial charge in [0.2, 0.25) is 0 Å². The smallest absolute Gasteiger partial charge is 0.254 e. The standard InChI is InChI=1S/C22H28N4O2.ClH/c1-3-13-25(4-2)21(27)17-7-9-18(10-8-17)22(28)26-14-12-24-16-20(26)19-6-5-11-23-15-19;/h5-11,15,20,24H,3-4,12-14,16H2,1-2H3;1H. The number of hydrogen-bond acceptors (Lipinski definition) is 4. The summed E-state index contributed by atoms with van der Waals surface area (Å²) in [7, 11) is 0. The van der Waals surface area contributed by atoms with Gasteiger partial charge in [0.05, 0.1) is 6.04 Å². The molecule has 1 aromatic carbocycles. The lowest BCUT2D eigenvalue weighted by Gasteiger charge is -2.36. The molecule has 2 amide bonds. The zero-order chi connectivity index (χ0) is 19.9. The van der Waals surface area contributed by atoms with Crippen LogP contribution >= 0.6 is 12.4 Å². The second kappa shape index (κ2) is 10.9. The Hall–Kier alpha value is -2.44. The normalized spacial score (nSPS) is 16.1. The van der Waals surface area contributed by atoms with Gasteiger partial charge in [0.1, 0.15) is 0 Å². The first-order valence-corrected chi connectivity index (χ1v) is 9.96. The Morgan fingerprint density at radius 1 is 1.17 bits per heavy atom. The SMILES string of the molecule is CCCN(CC)C(=O)c1ccc(C(=O)N2CCNCC2c2cccnc2)cc1.Cl. The van der Waals surface area contributed by atoms with E-state index in [9.17, 15) is 9.59 Å². The Morgan fingerprint density at radius 2 is 1.90 bits per heavy atom. The van der Waals surface area contributed by atoms with Crippen molar-refractivity contribution in [2.45, 2.75) is 26.3 Å². The van der Waals surface area contributed by atoms with E-state index >= 15 is 0 Å². The number of piperazine rings is 1. The third-order valence-corrected chi connectivity index (χ3v) is 5.11. The molecule has 0 aliphatic carbocycles. The summed E-state index contributed by atoms with van der Waals surface area (Å²) in [5.74, 6) is -0.00554. The minimum absolute atomic E-state index is 0. The molecular formula is C22H29ClN4O2. The molecule has 0 saturated carbocycles. The van der Waals surface area contributed by atoms with Gasteiger partial charge in [-0.15, -0.1) is 12.4 Å². The first-order chi connectivity index (χ1) is 13.7. The van der Waals surface area contributed by atoms with Crippen molar-refractivity contribution in [2.24, 2.45) is 0 Å². The number of halogens is 1. The number of aromatic nitrogens is 1. The van der Waals surface area contributed by atoms with Gasteiger partial charge in [-0.1, -0.05) is 13.0 Å². The molecule has 1 fully saturated rings. The molecule has 6 nitrogen and oxygen atoms in total. The number of carbonyl (C=O) groups excluding carboxylic acids is 2. The first kappa shape index (κ1) is 22.8. The van der Waals surface area contributed by atoms with Gasteiger partial charge in [-0.05, 0) is 49.2 Å². The largest absolute Gasteiger partial charge is 0.339 e. The maximum Gasteiger partial charge on any atom is 0.254 e. The number of rotatable bonds is 6. The van der Waals surface area contributed by atoms with Gasteiger partial charge in [-0.2, -0.15) is 0 Å². The van der Waals surface area contributed by atoms with E-state index in [2.05, 4.69) is 17.2 Å². The van der Waals surface area contributed by atoms with Crippen LogP contribution in [0.1, 0.15) is 52.6 Å². The first-order valence-electron chi connectivity index (χ1n) is 9.96. The van der Waals surface area contributed by atoms with Crippen LogP contribution in [-0.4, -0.2) is 59.3 Å². The zero-order valence-corrected chi connectivity index (χ0v) is 17.8. The molecule has 1 N–H and O–H groups in total. The lowest BCUT2D eigenvalue weighted by atomic mass is 10.0. The number of nitrogens with one attached hydrogen (secondary N) is 1. The van der Waals surface area contributed by atoms with E-state index < -0.39 is 0 Å². The van der Waals surface area contributed by atoms with E-state index in [0.29, 0.717) is 30.8 Å². The van der Waals surface area contributed by atoms with Crippen molar-refractivity contribution in [2.75, 3.05) is 32.7 Å². The number of carbonyl (C=O) groups is 2. The molecule has 1 unspecified atom stereocenters. The third kappa shape index (κ3) is 5.34. The van der Waals surface area contributed by atoms with Crippen molar-refractivity contribution < 1.29 is 9.59 Å². The van der Waals surface area contributed by atoms with Gasteiger partial charge in [-0.3, -0.25) is 14.6 Å². The van der Waals surface area contributed by atoms with Crippen LogP contribution < -0.4 is 5.32 Å². The highest BCUT2D eigenvalue weighted by Gasteiger charge is 2.28. The second-order valence-electron chi connectivity index (χ2n) is 6.97. The molecular weight excluding hydrogens is 388 g/mol. The Kier molecular flexibility index (Phi) is 8.61. The molecule has 29 heavy (non-hydrogen) atoms. The fraction of sp³-hybridized carbons (Fsp3) is 0.409. The molecule has 0 radical (unpaired) electrons. The van der Waals surface area contributed by atoms with Gasteiger partial charge >= 0.3 is 0 Å². The molecule has 1 aliphatic rings. The molecule has 0 bridgehead atoms. The van der Waals surface area contributed by atoms with Crippen molar-refractivity contribution in [3.05, 3.63) is 65.5 Å². The minimum Gasteiger partial charge on any atom is -0.339 e. The average Bonchev–Trinajstić information content (AvgIpc) is 2.77. The fourth-order valence-corrected chi connectivity index (χ4v) is 3.60. The van der Waals surface area contributed by atoms with Crippen molar-refractivity contribution in [3.63, 3.8) is 0 Å². The number of hydrogen-bond donors (Lipinski definition) is 1. The molecule has 2 aromatic rings. The van der Waals surface area contributed by atoms with Gasteiger partial charge in [-0.25, -0.2) is 0 Å². The summed E-state index contributed by atoms with van der Waals surface area (Å²) >= 11 is 0. The molecule has 0 spiro atoms. The Bertz CT molecular complexity index is 798. The summed E-state index contributed by atoms with van der Waals surface area (Å²) in [6, 6.07) is 10.9. The highest BCUT2D eigenvalue weighted by Crippen LogP contribution is 2.23. The number of pyridine rings is 1. The van der Waals surface area contributed by atoms with Gasteiger partial charge < -0.3 is 15.1 Å². The molecule has 1 aliphatic heterocycles. The fourth-order valence-electron chi connectivity index (χ4n) is 3.60. The highest BCUT2D eigenvalue weighted by atomic mass is 35.5. The summed E-state index contributed by atoms with van der Waals surface area (Å²) in [6.07, 6.45) is 4.47. The van der Waals surface area contributed by atoms with Crippen LogP contribution in [0.3, 0.4) is 0 Å². The predicted molar refractivity (Wildman–Crippen MR) is 116 cm³/mol. The molecule has 156 valence electrons. The van der Waals surface area contributed by atoms with Crippen LogP contribution in [0.15, 0.2) is 48.8 Å². The van der Waals surface area contributed by atoms with E-state index in [-0.39, 0.29) is 30.3 Å². The molecule has 1 aromatic heterocycles. The van der Waals surface area contributed by atoms with Crippen LogP contribution in [-0.2, 0) is 0 Å². The molecule has 1 atom stereocenters. The molecule has 2 heterocycles. The summed E-state index contributed by atoms with van der Waals surface area (Å²) in [4.78, 5) is 33.6. The lowest BCUT2D eigenvalue weighted by Crippen LogP contribution is -2.48. The maximum absolute atomic E-state index is 13.1. The van der Waals surface area contributed by atoms with Crippen LogP contribution in [0, 0.1) is 0 Å². The zero-order valence-electron chi connectivity index (χ0n) is 17.0. The van der Waals surface area contributed by atoms with Crippen LogP contribution in [0.4, 0.5) is 0 Å². The molecule has 7 heteroatoms. The van der Waals surface area contributed by atoms with E-state index in [1.807, 2.05) is 35.1 Å². The monoisotopic (exact) mass is 416 g/mol. The van der Waals surface area contributed by atoms with Gasteiger partial charge in [0.15, 0.2) is 0 Å². The quantitative estimate of drug-likeness (QED) is 0.785. The van der Waals surface area contributed by atoms with Gasteiger partial charge in [0.25, 0.3) is 11.8 Å². The highest BCUT2D eigenvalue weighted by molar-refractivity contribution is 5.98. The van der Waals surface area contributed by atoms with Crippen LogP contribution in [0.25, 0.3) is 0 Å². The minimum atomic E-state index is -0.0450. The Labute approximate surface area is 178 Å². The Morgan fingerprint density at radius 3 is 2.52 bits per heavy atom. The third-order valence-electron chi connectivity index (χ3n) is 5.11. The summed E-state index contributed by atoms with van der Waals surface area (Å²) in [5, 5.41) is 3.35. The van der Waals surface area contributed by atoms with Crippen molar-refractivity contribution >= 4 is 24.2 Å². The van der Waals surface area contributed by atoms with E-state index in [1.54, 1.807) is 30.5 Å². The van der Waals surface area contributed by atoms with E-state index in [0.717, 1.165) is 25.1 Å². The van der Waals surface area contributed by atoms with Gasteiger partial charge in [0, 0.05) is 56.2 Å². The van der Waals surface area contributed by atoms with E-state index in [4.69, 9.17) is 0 Å². The number of nitrogens with zero attached hydrogens (tertiary/aromatic N) is 3. The summed E-state index contributed by atoms with van der Waals surface area (Å²) in [5.41, 5.74) is 2.25. The average molecular weight is 417 g/mol. The maximum atomic E-state index is 13.1. The van der Waals surface area contributed by atoms with Crippen LogP contribution in [0.2, 0.25) is 0 Å². The Balaban J connectivity index is 0.00000300. The van der Waals surface area contributed by atoms with Crippen molar-refractivity contribution in [1.29, 1.82) is 0 Å². The van der Waals surface area contributed by atoms with Crippen LogP contribution in [0.5, 0.6) is 0 Å². The summed E-state index contributed by atoms with van der Waals surface area (Å²) in [6.45, 7) is 7.57. The lowest BCUT2D eigenvalue weighted by molar-refractivity contribution is 0.0633. The molecule has 3 rings (SSSR count). The second-order valence-corrected chi connectivity index (χ2v) is 6.97. The predicted octanol–water partition coefficient (Wildman–Crippen LogP) is 3.16. The van der Waals surface area contributed by atoms with E-state index in [1.165, 1.54) is 0 Å². The molecule has 1 saturated heterocycles. The topological polar surface area (TPSA) is 65.5 Å². The van der Waals surface area contributed by atoms with Crippen molar-refractivity contribution in [1.82, 2.24) is 20.1 Å². The van der Waals surface area contributed by atoms with Crippen molar-refractivity contribution in [3.8, 4) is 0 Å². The number of benzene rings is 1. The number of amides is 2.